The van der Waals surface area contributed by atoms with Gasteiger partial charge in [-0.05, 0) is 43.0 Å². The van der Waals surface area contributed by atoms with E-state index in [4.69, 9.17) is 5.73 Å². The molecule has 2 unspecified atom stereocenters. The highest BCUT2D eigenvalue weighted by molar-refractivity contribution is 9.10. The topological polar surface area (TPSA) is 43.1 Å². The summed E-state index contributed by atoms with van der Waals surface area (Å²) in [6, 6.07) is 4.83. The summed E-state index contributed by atoms with van der Waals surface area (Å²) >= 11 is 3.29. The van der Waals surface area contributed by atoms with Crippen LogP contribution in [0.2, 0.25) is 0 Å². The Kier molecular flexibility index (Phi) is 4.51. The Morgan fingerprint density at radius 3 is 2.94 bits per heavy atom. The molecule has 2 atom stereocenters. The summed E-state index contributed by atoms with van der Waals surface area (Å²) in [7, 11) is 0. The van der Waals surface area contributed by atoms with Crippen LogP contribution in [0.5, 0.6) is 0 Å². The molecule has 98 valence electrons. The maximum atomic E-state index is 13.6. The molecule has 1 fully saturated rings. The molecule has 18 heavy (non-hydrogen) atoms. The van der Waals surface area contributed by atoms with E-state index in [0.29, 0.717) is 5.56 Å². The lowest BCUT2D eigenvalue weighted by Crippen LogP contribution is -2.32. The van der Waals surface area contributed by atoms with Gasteiger partial charge in [-0.2, -0.15) is 0 Å². The van der Waals surface area contributed by atoms with E-state index in [1.165, 1.54) is 6.07 Å². The van der Waals surface area contributed by atoms with Crippen LogP contribution in [0.4, 0.5) is 4.39 Å². The quantitative estimate of drug-likeness (QED) is 0.931. The molecular formula is C14H17BrFNO. The maximum Gasteiger partial charge on any atom is 0.140 e. The number of halogens is 2. The van der Waals surface area contributed by atoms with Crippen molar-refractivity contribution in [3.8, 4) is 0 Å². The molecule has 1 aromatic rings. The van der Waals surface area contributed by atoms with Gasteiger partial charge in [0.15, 0.2) is 0 Å². The second-order valence-electron chi connectivity index (χ2n) is 5.00. The zero-order valence-electron chi connectivity index (χ0n) is 10.2. The first-order chi connectivity index (χ1) is 8.56. The SMILES string of the molecule is NC1CCCC(C(=O)Cc2cc(Br)ccc2F)C1. The number of benzene rings is 1. The van der Waals surface area contributed by atoms with Crippen molar-refractivity contribution in [3.63, 3.8) is 0 Å². The smallest absolute Gasteiger partial charge is 0.140 e. The number of nitrogens with two attached hydrogens (primary N) is 1. The Morgan fingerprint density at radius 2 is 2.22 bits per heavy atom. The van der Waals surface area contributed by atoms with Crippen LogP contribution in [0.3, 0.4) is 0 Å². The van der Waals surface area contributed by atoms with Crippen LogP contribution in [0.1, 0.15) is 31.2 Å². The second-order valence-corrected chi connectivity index (χ2v) is 5.92. The molecule has 0 heterocycles. The first kappa shape index (κ1) is 13.7. The highest BCUT2D eigenvalue weighted by Gasteiger charge is 2.25. The van der Waals surface area contributed by atoms with Crippen molar-refractivity contribution in [1.29, 1.82) is 0 Å². The van der Waals surface area contributed by atoms with Gasteiger partial charge in [0.2, 0.25) is 0 Å². The lowest BCUT2D eigenvalue weighted by Gasteiger charge is -2.25. The highest BCUT2D eigenvalue weighted by Crippen LogP contribution is 2.26. The first-order valence-electron chi connectivity index (χ1n) is 6.28. The van der Waals surface area contributed by atoms with E-state index in [0.717, 1.165) is 30.2 Å². The summed E-state index contributed by atoms with van der Waals surface area (Å²) in [6.45, 7) is 0. The van der Waals surface area contributed by atoms with Crippen LogP contribution in [0, 0.1) is 11.7 Å². The Bertz CT molecular complexity index is 449. The average Bonchev–Trinajstić information content (AvgIpc) is 2.34. The minimum Gasteiger partial charge on any atom is -0.328 e. The molecule has 2 rings (SSSR count). The van der Waals surface area contributed by atoms with Crippen molar-refractivity contribution in [2.24, 2.45) is 11.7 Å². The molecule has 1 saturated carbocycles. The van der Waals surface area contributed by atoms with E-state index in [-0.39, 0.29) is 30.0 Å². The number of hydrogen-bond donors (Lipinski definition) is 1. The van der Waals surface area contributed by atoms with Crippen molar-refractivity contribution in [2.45, 2.75) is 38.1 Å². The fraction of sp³-hybridized carbons (Fsp3) is 0.500. The third kappa shape index (κ3) is 3.39. The number of carbonyl (C=O) groups is 1. The lowest BCUT2D eigenvalue weighted by atomic mass is 9.82. The predicted molar refractivity (Wildman–Crippen MR) is 72.7 cm³/mol. The largest absolute Gasteiger partial charge is 0.328 e. The van der Waals surface area contributed by atoms with E-state index in [9.17, 15) is 9.18 Å². The molecule has 2 N–H and O–H groups in total. The van der Waals surface area contributed by atoms with Gasteiger partial charge in [0.25, 0.3) is 0 Å². The number of Topliss-reactive ketones (excluding diaryl/α,β-unsaturated/α-hetero) is 1. The molecule has 1 aliphatic rings. The minimum atomic E-state index is -0.313. The van der Waals surface area contributed by atoms with Gasteiger partial charge in [0.05, 0.1) is 0 Å². The third-order valence-corrected chi connectivity index (χ3v) is 4.04. The summed E-state index contributed by atoms with van der Waals surface area (Å²) in [6.07, 6.45) is 3.80. The van der Waals surface area contributed by atoms with E-state index in [2.05, 4.69) is 15.9 Å². The summed E-state index contributed by atoms with van der Waals surface area (Å²) in [5.41, 5.74) is 6.34. The first-order valence-corrected chi connectivity index (χ1v) is 7.08. The molecular weight excluding hydrogens is 297 g/mol. The van der Waals surface area contributed by atoms with Gasteiger partial charge in [-0.15, -0.1) is 0 Å². The number of hydrogen-bond acceptors (Lipinski definition) is 2. The van der Waals surface area contributed by atoms with Crippen LogP contribution in [-0.2, 0) is 11.2 Å². The lowest BCUT2D eigenvalue weighted by molar-refractivity contribution is -0.123. The van der Waals surface area contributed by atoms with Crippen LogP contribution < -0.4 is 5.73 Å². The van der Waals surface area contributed by atoms with Crippen molar-refractivity contribution in [2.75, 3.05) is 0 Å². The van der Waals surface area contributed by atoms with Crippen molar-refractivity contribution in [3.05, 3.63) is 34.1 Å². The zero-order valence-corrected chi connectivity index (χ0v) is 11.7. The van der Waals surface area contributed by atoms with Gasteiger partial charge in [-0.25, -0.2) is 4.39 Å². The van der Waals surface area contributed by atoms with Crippen LogP contribution in [0.15, 0.2) is 22.7 Å². The molecule has 0 radical (unpaired) electrons. The summed E-state index contributed by atoms with van der Waals surface area (Å²) in [4.78, 5) is 12.1. The Labute approximate surface area is 115 Å². The average molecular weight is 314 g/mol. The van der Waals surface area contributed by atoms with Crippen molar-refractivity contribution < 1.29 is 9.18 Å². The monoisotopic (exact) mass is 313 g/mol. The summed E-state index contributed by atoms with van der Waals surface area (Å²) < 4.78 is 14.4. The van der Waals surface area contributed by atoms with Crippen LogP contribution in [0.25, 0.3) is 0 Å². The van der Waals surface area contributed by atoms with Gasteiger partial charge in [-0.3, -0.25) is 4.79 Å². The molecule has 0 spiro atoms. The molecule has 0 aromatic heterocycles. The van der Waals surface area contributed by atoms with Gasteiger partial charge in [0.1, 0.15) is 11.6 Å². The normalized spacial score (nSPS) is 23.9. The second kappa shape index (κ2) is 5.93. The van der Waals surface area contributed by atoms with E-state index in [1.807, 2.05) is 0 Å². The van der Waals surface area contributed by atoms with Crippen molar-refractivity contribution in [1.82, 2.24) is 0 Å². The Morgan fingerprint density at radius 1 is 1.44 bits per heavy atom. The molecule has 0 amide bonds. The maximum absolute atomic E-state index is 13.6. The standard InChI is InChI=1S/C14H17BrFNO/c15-11-4-5-13(16)10(6-11)8-14(18)9-2-1-3-12(17)7-9/h4-6,9,12H,1-3,7-8,17H2. The zero-order chi connectivity index (χ0) is 13.1. The fourth-order valence-electron chi connectivity index (χ4n) is 2.53. The third-order valence-electron chi connectivity index (χ3n) is 3.54. The summed E-state index contributed by atoms with van der Waals surface area (Å²) in [5.74, 6) is -0.194. The van der Waals surface area contributed by atoms with E-state index < -0.39 is 0 Å². The van der Waals surface area contributed by atoms with E-state index >= 15 is 0 Å². The minimum absolute atomic E-state index is 0.00660. The summed E-state index contributed by atoms with van der Waals surface area (Å²) in [5, 5.41) is 0. The molecule has 2 nitrogen and oxygen atoms in total. The van der Waals surface area contributed by atoms with Gasteiger partial charge < -0.3 is 5.73 Å². The van der Waals surface area contributed by atoms with Gasteiger partial charge in [-0.1, -0.05) is 22.4 Å². The predicted octanol–water partition coefficient (Wildman–Crippen LogP) is 3.22. The molecule has 0 saturated heterocycles. The molecule has 4 heteroatoms. The Balaban J connectivity index is 2.04. The number of carbonyl (C=O) groups excluding carboxylic acids is 1. The Hall–Kier alpha value is -0.740. The molecule has 0 bridgehead atoms. The van der Waals surface area contributed by atoms with E-state index in [1.54, 1.807) is 12.1 Å². The highest BCUT2D eigenvalue weighted by atomic mass is 79.9. The van der Waals surface area contributed by atoms with Crippen molar-refractivity contribution >= 4 is 21.7 Å². The fourth-order valence-corrected chi connectivity index (χ4v) is 2.94. The van der Waals surface area contributed by atoms with Crippen LogP contribution in [-0.4, -0.2) is 11.8 Å². The van der Waals surface area contributed by atoms with Gasteiger partial charge in [0, 0.05) is 22.9 Å². The molecule has 1 aromatic carbocycles. The molecule has 1 aliphatic carbocycles. The van der Waals surface area contributed by atoms with Crippen LogP contribution >= 0.6 is 15.9 Å². The van der Waals surface area contributed by atoms with Gasteiger partial charge >= 0.3 is 0 Å². The number of ketones is 1. The number of rotatable bonds is 3. The molecule has 0 aliphatic heterocycles.